The molecule has 3 heteroatoms. The zero-order valence-corrected chi connectivity index (χ0v) is 7.54. The van der Waals surface area contributed by atoms with Gasteiger partial charge in [0.1, 0.15) is 5.65 Å². The molecular weight excluding hydrogens is 174 g/mol. The molecule has 0 saturated heterocycles. The Bertz CT molecular complexity index is 548. The lowest BCUT2D eigenvalue weighted by molar-refractivity contribution is 0.965. The summed E-state index contributed by atoms with van der Waals surface area (Å²) in [6, 6.07) is 12.2. The highest BCUT2D eigenvalue weighted by molar-refractivity contribution is 5.47. The van der Waals surface area contributed by atoms with Crippen LogP contribution >= 0.6 is 0 Å². The van der Waals surface area contributed by atoms with Crippen LogP contribution in [0.25, 0.3) is 11.3 Å². The summed E-state index contributed by atoms with van der Waals surface area (Å²) in [5.74, 6) is 0. The Kier molecular flexibility index (Phi) is 1.44. The molecule has 0 atom stereocenters. The molecule has 0 aliphatic heterocycles. The topological polar surface area (TPSA) is 22.2 Å². The minimum atomic E-state index is 1.08. The number of hydrogen-bond acceptors (Lipinski definition) is 1. The van der Waals surface area contributed by atoms with Gasteiger partial charge in [0, 0.05) is 24.1 Å². The molecular formula is C11H9N3. The number of imidazole rings is 1. The summed E-state index contributed by atoms with van der Waals surface area (Å²) in [7, 11) is 0. The molecule has 0 unspecified atom stereocenters. The first-order chi connectivity index (χ1) is 6.95. The summed E-state index contributed by atoms with van der Waals surface area (Å²) in [5.41, 5.74) is 2.24. The first-order valence-corrected chi connectivity index (χ1v) is 4.51. The van der Waals surface area contributed by atoms with E-state index < -0.39 is 0 Å². The van der Waals surface area contributed by atoms with E-state index in [4.69, 9.17) is 0 Å². The normalized spacial score (nSPS) is 10.9. The van der Waals surface area contributed by atoms with Crippen LogP contribution < -0.4 is 0 Å². The predicted molar refractivity (Wildman–Crippen MR) is 54.5 cm³/mol. The molecule has 0 aliphatic carbocycles. The van der Waals surface area contributed by atoms with Gasteiger partial charge < -0.3 is 4.57 Å². The van der Waals surface area contributed by atoms with E-state index in [0.717, 1.165) is 11.3 Å². The van der Waals surface area contributed by atoms with E-state index in [1.54, 1.807) is 6.20 Å². The lowest BCUT2D eigenvalue weighted by Gasteiger charge is -2.01. The molecule has 0 amide bonds. The van der Waals surface area contributed by atoms with Crippen molar-refractivity contribution in [2.24, 2.45) is 0 Å². The monoisotopic (exact) mass is 183 g/mol. The second kappa shape index (κ2) is 2.73. The molecule has 0 N–H and O–H groups in total. The number of fused-ring (bicyclic) bond motifs is 1. The molecule has 1 aromatic carbocycles. The smallest absolute Gasteiger partial charge is 0.140 e. The minimum Gasteiger partial charge on any atom is -0.300 e. The van der Waals surface area contributed by atoms with Crippen LogP contribution in [-0.2, 0) is 0 Å². The van der Waals surface area contributed by atoms with Crippen LogP contribution in [0.5, 0.6) is 0 Å². The van der Waals surface area contributed by atoms with Gasteiger partial charge in [0.15, 0.2) is 0 Å². The molecule has 0 bridgehead atoms. The van der Waals surface area contributed by atoms with E-state index in [-0.39, 0.29) is 0 Å². The summed E-state index contributed by atoms with van der Waals surface area (Å²) in [4.78, 5) is 0. The van der Waals surface area contributed by atoms with E-state index in [1.165, 1.54) is 0 Å². The van der Waals surface area contributed by atoms with Crippen molar-refractivity contribution >= 4 is 5.65 Å². The number of benzene rings is 1. The van der Waals surface area contributed by atoms with Crippen LogP contribution in [-0.4, -0.2) is 14.2 Å². The molecule has 68 valence electrons. The quantitative estimate of drug-likeness (QED) is 0.566. The Hall–Kier alpha value is -2.03. The predicted octanol–water partition coefficient (Wildman–Crippen LogP) is 2.12. The highest BCUT2D eigenvalue weighted by Gasteiger charge is 2.01. The Morgan fingerprint density at radius 1 is 0.929 bits per heavy atom. The average Bonchev–Trinajstić information content (AvgIpc) is 2.79. The second-order valence-electron chi connectivity index (χ2n) is 3.14. The SMILES string of the molecule is c1ccc(-n2ccn3nccc23)cc1. The third-order valence-corrected chi connectivity index (χ3v) is 2.29. The van der Waals surface area contributed by atoms with E-state index in [1.807, 2.05) is 41.2 Å². The van der Waals surface area contributed by atoms with Crippen LogP contribution in [0.3, 0.4) is 0 Å². The van der Waals surface area contributed by atoms with Gasteiger partial charge in [-0.15, -0.1) is 0 Å². The summed E-state index contributed by atoms with van der Waals surface area (Å²) in [6.45, 7) is 0. The maximum absolute atomic E-state index is 4.16. The van der Waals surface area contributed by atoms with Crippen LogP contribution in [0.2, 0.25) is 0 Å². The van der Waals surface area contributed by atoms with E-state index in [2.05, 4.69) is 21.8 Å². The van der Waals surface area contributed by atoms with Gasteiger partial charge in [0.25, 0.3) is 0 Å². The molecule has 2 heterocycles. The summed E-state index contributed by atoms with van der Waals surface area (Å²) in [5, 5.41) is 4.16. The first-order valence-electron chi connectivity index (χ1n) is 4.51. The number of para-hydroxylation sites is 1. The Morgan fingerprint density at radius 3 is 2.64 bits per heavy atom. The maximum Gasteiger partial charge on any atom is 0.140 e. The number of rotatable bonds is 1. The summed E-state index contributed by atoms with van der Waals surface area (Å²) in [6.07, 6.45) is 5.76. The van der Waals surface area contributed by atoms with Gasteiger partial charge in [-0.2, -0.15) is 5.10 Å². The van der Waals surface area contributed by atoms with E-state index >= 15 is 0 Å². The summed E-state index contributed by atoms with van der Waals surface area (Å²) < 4.78 is 3.96. The van der Waals surface area contributed by atoms with Crippen molar-refractivity contribution in [2.75, 3.05) is 0 Å². The van der Waals surface area contributed by atoms with Crippen molar-refractivity contribution in [2.45, 2.75) is 0 Å². The van der Waals surface area contributed by atoms with Crippen molar-refractivity contribution < 1.29 is 0 Å². The Labute approximate surface area is 81.2 Å². The van der Waals surface area contributed by atoms with E-state index in [9.17, 15) is 0 Å². The standard InChI is InChI=1S/C11H9N3/c1-2-4-10(5-3-1)13-8-9-14-11(13)6-7-12-14/h1-9H. The molecule has 3 nitrogen and oxygen atoms in total. The van der Waals surface area contributed by atoms with Gasteiger partial charge in [-0.1, -0.05) is 18.2 Å². The molecule has 0 saturated carbocycles. The fraction of sp³-hybridized carbons (Fsp3) is 0. The lowest BCUT2D eigenvalue weighted by Crippen LogP contribution is -1.90. The highest BCUT2D eigenvalue weighted by atomic mass is 15.3. The molecule has 2 aromatic heterocycles. The molecule has 0 spiro atoms. The zero-order valence-electron chi connectivity index (χ0n) is 7.54. The third-order valence-electron chi connectivity index (χ3n) is 2.29. The van der Waals surface area contributed by atoms with Crippen LogP contribution in [0.1, 0.15) is 0 Å². The first kappa shape index (κ1) is 7.38. The fourth-order valence-electron chi connectivity index (χ4n) is 1.63. The number of aromatic nitrogens is 3. The van der Waals surface area contributed by atoms with Crippen LogP contribution in [0.4, 0.5) is 0 Å². The van der Waals surface area contributed by atoms with Gasteiger partial charge in [0.2, 0.25) is 0 Å². The number of hydrogen-bond donors (Lipinski definition) is 0. The van der Waals surface area contributed by atoms with E-state index in [0.29, 0.717) is 0 Å². The van der Waals surface area contributed by atoms with Crippen LogP contribution in [0.15, 0.2) is 55.0 Å². The zero-order chi connectivity index (χ0) is 9.38. The molecule has 0 aliphatic rings. The lowest BCUT2D eigenvalue weighted by atomic mass is 10.3. The van der Waals surface area contributed by atoms with Crippen molar-refractivity contribution in [1.82, 2.24) is 14.2 Å². The average molecular weight is 183 g/mol. The van der Waals surface area contributed by atoms with Crippen molar-refractivity contribution in [3.05, 3.63) is 55.0 Å². The van der Waals surface area contributed by atoms with Gasteiger partial charge in [-0.05, 0) is 12.1 Å². The molecule has 3 rings (SSSR count). The maximum atomic E-state index is 4.16. The van der Waals surface area contributed by atoms with Crippen molar-refractivity contribution in [1.29, 1.82) is 0 Å². The van der Waals surface area contributed by atoms with Gasteiger partial charge in [0.05, 0.1) is 6.20 Å². The van der Waals surface area contributed by atoms with Crippen molar-refractivity contribution in [3.8, 4) is 5.69 Å². The van der Waals surface area contributed by atoms with Gasteiger partial charge in [-0.25, -0.2) is 4.52 Å². The summed E-state index contributed by atoms with van der Waals surface area (Å²) >= 11 is 0. The highest BCUT2D eigenvalue weighted by Crippen LogP contribution is 2.12. The number of nitrogens with zero attached hydrogens (tertiary/aromatic N) is 3. The van der Waals surface area contributed by atoms with Crippen LogP contribution in [0, 0.1) is 0 Å². The largest absolute Gasteiger partial charge is 0.300 e. The molecule has 0 radical (unpaired) electrons. The minimum absolute atomic E-state index is 1.08. The van der Waals surface area contributed by atoms with Gasteiger partial charge in [-0.3, -0.25) is 0 Å². The molecule has 14 heavy (non-hydrogen) atoms. The fourth-order valence-corrected chi connectivity index (χ4v) is 1.63. The third kappa shape index (κ3) is 0.956. The second-order valence-corrected chi connectivity index (χ2v) is 3.14. The Balaban J connectivity index is 2.28. The van der Waals surface area contributed by atoms with Crippen molar-refractivity contribution in [3.63, 3.8) is 0 Å². The molecule has 0 fully saturated rings. The Morgan fingerprint density at radius 2 is 1.79 bits per heavy atom. The van der Waals surface area contributed by atoms with Gasteiger partial charge >= 0.3 is 0 Å². The molecule has 3 aromatic rings.